The number of hydrogen-bond acceptors (Lipinski definition) is 4. The average molecular weight is 422 g/mol. The van der Waals surface area contributed by atoms with Crippen LogP contribution in [0.5, 0.6) is 0 Å². The first-order valence-electron chi connectivity index (χ1n) is 5.64. The van der Waals surface area contributed by atoms with Crippen molar-refractivity contribution in [3.05, 3.63) is 26.1 Å². The van der Waals surface area contributed by atoms with Gasteiger partial charge in [0.2, 0.25) is 0 Å². The van der Waals surface area contributed by atoms with Crippen LogP contribution in [0, 0.1) is 3.57 Å². The second kappa shape index (κ2) is 6.01. The number of anilines is 1. The normalized spacial score (nSPS) is 10.7. The van der Waals surface area contributed by atoms with E-state index in [1.807, 2.05) is 13.1 Å². The lowest BCUT2D eigenvalue weighted by molar-refractivity contribution is 0.575. The van der Waals surface area contributed by atoms with Crippen molar-refractivity contribution in [2.24, 2.45) is 0 Å². The molecule has 4 nitrogen and oxygen atoms in total. The predicted molar refractivity (Wildman–Crippen MR) is 83.7 cm³/mol. The molecule has 0 bridgehead atoms. The van der Waals surface area contributed by atoms with Gasteiger partial charge in [0.05, 0.1) is 20.0 Å². The van der Waals surface area contributed by atoms with Gasteiger partial charge in [0.25, 0.3) is 0 Å². The lowest BCUT2D eigenvalue weighted by Gasteiger charge is -2.09. The molecule has 0 aromatic carbocycles. The fourth-order valence-corrected chi connectivity index (χ4v) is 2.78. The maximum absolute atomic E-state index is 5.42. The van der Waals surface area contributed by atoms with E-state index in [2.05, 4.69) is 60.7 Å². The summed E-state index contributed by atoms with van der Waals surface area (Å²) in [5.74, 6) is 2.12. The van der Waals surface area contributed by atoms with Crippen LogP contribution in [0.25, 0.3) is 11.6 Å². The average Bonchev–Trinajstić information content (AvgIpc) is 2.78. The summed E-state index contributed by atoms with van der Waals surface area (Å²) in [7, 11) is 1.86. The molecule has 0 aliphatic heterocycles. The Morgan fingerprint density at radius 3 is 2.78 bits per heavy atom. The van der Waals surface area contributed by atoms with E-state index < -0.39 is 0 Å². The highest BCUT2D eigenvalue weighted by Crippen LogP contribution is 2.30. The Bertz CT molecular complexity index is 556. The minimum absolute atomic E-state index is 0.611. The molecule has 0 atom stereocenters. The SMILES string of the molecule is CCCc1nc(-c2occc2Br)nc(NC)c1I. The molecule has 2 aromatic rings. The zero-order valence-corrected chi connectivity index (χ0v) is 13.9. The molecule has 0 saturated carbocycles. The lowest BCUT2D eigenvalue weighted by atomic mass is 10.2. The molecular weight excluding hydrogens is 409 g/mol. The van der Waals surface area contributed by atoms with Crippen molar-refractivity contribution in [1.29, 1.82) is 0 Å². The molecule has 96 valence electrons. The first kappa shape index (κ1) is 13.8. The first-order chi connectivity index (χ1) is 8.67. The topological polar surface area (TPSA) is 51.0 Å². The number of hydrogen-bond donors (Lipinski definition) is 1. The number of furan rings is 1. The van der Waals surface area contributed by atoms with E-state index in [-0.39, 0.29) is 0 Å². The maximum atomic E-state index is 5.42. The van der Waals surface area contributed by atoms with E-state index in [0.717, 1.165) is 32.4 Å². The molecule has 0 aliphatic rings. The van der Waals surface area contributed by atoms with Crippen molar-refractivity contribution in [2.45, 2.75) is 19.8 Å². The van der Waals surface area contributed by atoms with Gasteiger partial charge in [-0.25, -0.2) is 9.97 Å². The highest BCUT2D eigenvalue weighted by Gasteiger charge is 2.16. The van der Waals surface area contributed by atoms with Crippen molar-refractivity contribution < 1.29 is 4.42 Å². The summed E-state index contributed by atoms with van der Waals surface area (Å²) in [5.41, 5.74) is 1.05. The Kier molecular flexibility index (Phi) is 4.60. The van der Waals surface area contributed by atoms with Crippen LogP contribution >= 0.6 is 38.5 Å². The summed E-state index contributed by atoms with van der Waals surface area (Å²) in [6.07, 6.45) is 3.61. The van der Waals surface area contributed by atoms with Crippen LogP contribution in [-0.2, 0) is 6.42 Å². The summed E-state index contributed by atoms with van der Waals surface area (Å²) in [6.45, 7) is 2.14. The Labute approximate surface area is 128 Å². The Morgan fingerprint density at radius 2 is 2.22 bits per heavy atom. The van der Waals surface area contributed by atoms with Gasteiger partial charge in [-0.2, -0.15) is 0 Å². The van der Waals surface area contributed by atoms with Gasteiger partial charge in [-0.05, 0) is 51.0 Å². The molecule has 1 N–H and O–H groups in total. The van der Waals surface area contributed by atoms with Gasteiger partial charge in [-0.15, -0.1) is 0 Å². The third-order valence-electron chi connectivity index (χ3n) is 2.46. The molecule has 2 aromatic heterocycles. The van der Waals surface area contributed by atoms with Crippen molar-refractivity contribution in [2.75, 3.05) is 12.4 Å². The second-order valence-electron chi connectivity index (χ2n) is 3.75. The predicted octanol–water partition coefficient (Wildman–Crippen LogP) is 4.10. The van der Waals surface area contributed by atoms with Gasteiger partial charge in [-0.1, -0.05) is 13.3 Å². The zero-order chi connectivity index (χ0) is 13.1. The van der Waals surface area contributed by atoms with Crippen LogP contribution in [0.2, 0.25) is 0 Å². The molecule has 0 amide bonds. The van der Waals surface area contributed by atoms with Crippen LogP contribution < -0.4 is 5.32 Å². The van der Waals surface area contributed by atoms with Crippen molar-refractivity contribution >= 4 is 44.3 Å². The Morgan fingerprint density at radius 1 is 1.44 bits per heavy atom. The van der Waals surface area contributed by atoms with Crippen LogP contribution in [0.1, 0.15) is 19.0 Å². The first-order valence-corrected chi connectivity index (χ1v) is 7.52. The molecule has 6 heteroatoms. The fraction of sp³-hybridized carbons (Fsp3) is 0.333. The number of aryl methyl sites for hydroxylation is 1. The molecular formula is C12H13BrIN3O. The van der Waals surface area contributed by atoms with Crippen molar-refractivity contribution in [3.8, 4) is 11.6 Å². The largest absolute Gasteiger partial charge is 0.460 e. The Hall–Kier alpha value is -0.630. The summed E-state index contributed by atoms with van der Waals surface area (Å²) in [6, 6.07) is 1.84. The molecule has 0 aliphatic carbocycles. The van der Waals surface area contributed by atoms with Crippen molar-refractivity contribution in [3.63, 3.8) is 0 Å². The molecule has 0 spiro atoms. The lowest BCUT2D eigenvalue weighted by Crippen LogP contribution is -2.05. The van der Waals surface area contributed by atoms with E-state index in [9.17, 15) is 0 Å². The number of aromatic nitrogens is 2. The maximum Gasteiger partial charge on any atom is 0.199 e. The van der Waals surface area contributed by atoms with Gasteiger partial charge >= 0.3 is 0 Å². The summed E-state index contributed by atoms with van der Waals surface area (Å²) in [4.78, 5) is 9.08. The monoisotopic (exact) mass is 421 g/mol. The number of halogens is 2. The summed E-state index contributed by atoms with van der Waals surface area (Å²) >= 11 is 5.71. The molecule has 2 heterocycles. The van der Waals surface area contributed by atoms with Crippen LogP contribution in [0.3, 0.4) is 0 Å². The molecule has 18 heavy (non-hydrogen) atoms. The van der Waals surface area contributed by atoms with E-state index >= 15 is 0 Å². The van der Waals surface area contributed by atoms with Gasteiger partial charge in [0, 0.05) is 7.05 Å². The number of rotatable bonds is 4. The summed E-state index contributed by atoms with van der Waals surface area (Å²) < 4.78 is 7.36. The molecule has 0 unspecified atom stereocenters. The molecule has 2 rings (SSSR count). The fourth-order valence-electron chi connectivity index (χ4n) is 1.62. The Balaban J connectivity index is 2.55. The van der Waals surface area contributed by atoms with Crippen LogP contribution in [-0.4, -0.2) is 17.0 Å². The molecule has 0 radical (unpaired) electrons. The second-order valence-corrected chi connectivity index (χ2v) is 5.69. The van der Waals surface area contributed by atoms with Crippen molar-refractivity contribution in [1.82, 2.24) is 9.97 Å². The van der Waals surface area contributed by atoms with Gasteiger partial charge in [0.15, 0.2) is 11.6 Å². The van der Waals surface area contributed by atoms with Crippen LogP contribution in [0.4, 0.5) is 5.82 Å². The van der Waals surface area contributed by atoms with Gasteiger partial charge in [-0.3, -0.25) is 0 Å². The van der Waals surface area contributed by atoms with E-state index in [1.54, 1.807) is 6.26 Å². The van der Waals surface area contributed by atoms with E-state index in [4.69, 9.17) is 4.42 Å². The number of nitrogens with zero attached hydrogens (tertiary/aromatic N) is 2. The standard InChI is InChI=1S/C12H13BrIN3O/c1-3-4-8-9(14)11(15-2)17-12(16-8)10-7(13)5-6-18-10/h5-6H,3-4H2,1-2H3,(H,15,16,17). The van der Waals surface area contributed by atoms with E-state index in [1.165, 1.54) is 0 Å². The summed E-state index contributed by atoms with van der Waals surface area (Å²) in [5, 5.41) is 3.10. The zero-order valence-electron chi connectivity index (χ0n) is 10.1. The quantitative estimate of drug-likeness (QED) is 0.755. The van der Waals surface area contributed by atoms with Crippen LogP contribution in [0.15, 0.2) is 21.2 Å². The van der Waals surface area contributed by atoms with Gasteiger partial charge in [0.1, 0.15) is 5.82 Å². The highest BCUT2D eigenvalue weighted by molar-refractivity contribution is 14.1. The third-order valence-corrected chi connectivity index (χ3v) is 4.22. The third kappa shape index (κ3) is 2.69. The smallest absolute Gasteiger partial charge is 0.199 e. The minimum Gasteiger partial charge on any atom is -0.460 e. The molecule has 0 fully saturated rings. The molecule has 0 saturated heterocycles. The minimum atomic E-state index is 0.611. The highest BCUT2D eigenvalue weighted by atomic mass is 127. The number of nitrogens with one attached hydrogen (secondary N) is 1. The van der Waals surface area contributed by atoms with Gasteiger partial charge < -0.3 is 9.73 Å². The van der Waals surface area contributed by atoms with E-state index in [0.29, 0.717) is 11.6 Å².